The van der Waals surface area contributed by atoms with Crippen molar-refractivity contribution >= 4 is 5.78 Å². The molecule has 0 saturated heterocycles. The van der Waals surface area contributed by atoms with Crippen molar-refractivity contribution in [3.63, 3.8) is 0 Å². The van der Waals surface area contributed by atoms with Gasteiger partial charge in [-0.2, -0.15) is 0 Å². The maximum absolute atomic E-state index is 11.0. The predicted octanol–water partition coefficient (Wildman–Crippen LogP) is 1.09. The normalized spacial score (nSPS) is 11.7. The van der Waals surface area contributed by atoms with Crippen molar-refractivity contribution in [2.75, 3.05) is 40.3 Å². The molecule has 0 N–H and O–H groups in total. The third-order valence-electron chi connectivity index (χ3n) is 1.93. The van der Waals surface area contributed by atoms with Gasteiger partial charge in [-0.3, -0.25) is 9.69 Å². The molecule has 0 radical (unpaired) electrons. The van der Waals surface area contributed by atoms with E-state index in [2.05, 4.69) is 37.7 Å². The minimum atomic E-state index is 0.254. The number of carbonyl (C=O) groups is 1. The van der Waals surface area contributed by atoms with E-state index in [-0.39, 0.29) is 5.78 Å². The molecule has 0 aromatic carbocycles. The highest BCUT2D eigenvalue weighted by Gasteiger charge is 2.09. The third-order valence-corrected chi connectivity index (χ3v) is 1.93. The molecule has 0 heterocycles. The summed E-state index contributed by atoms with van der Waals surface area (Å²) in [6, 6.07) is 0. The number of carbonyl (C=O) groups excluding carboxylic acids is 1. The molecule has 0 fully saturated rings. The van der Waals surface area contributed by atoms with Crippen LogP contribution >= 0.6 is 0 Å². The lowest BCUT2D eigenvalue weighted by Crippen LogP contribution is -2.37. The maximum Gasteiger partial charge on any atom is 0.143 e. The van der Waals surface area contributed by atoms with Gasteiger partial charge in [0.1, 0.15) is 5.78 Å². The van der Waals surface area contributed by atoms with Gasteiger partial charge in [-0.15, -0.1) is 0 Å². The fourth-order valence-electron chi connectivity index (χ4n) is 1.41. The summed E-state index contributed by atoms with van der Waals surface area (Å²) in [6.45, 7) is 9.61. The number of hydrogen-bond acceptors (Lipinski definition) is 3. The number of rotatable bonds is 7. The monoisotopic (exact) mass is 200 g/mol. The molecule has 0 aliphatic carbocycles. The first-order valence-corrected chi connectivity index (χ1v) is 5.28. The second-order valence-electron chi connectivity index (χ2n) is 4.63. The molecule has 0 atom stereocenters. The SMILES string of the molecule is CC(=O)CN(CCN(C)C)CC(C)C. The van der Waals surface area contributed by atoms with E-state index in [4.69, 9.17) is 0 Å². The highest BCUT2D eigenvalue weighted by Crippen LogP contribution is 1.98. The summed E-state index contributed by atoms with van der Waals surface area (Å²) >= 11 is 0. The first kappa shape index (κ1) is 13.6. The Hall–Kier alpha value is -0.410. The van der Waals surface area contributed by atoms with E-state index >= 15 is 0 Å². The van der Waals surface area contributed by atoms with Crippen molar-refractivity contribution in [1.82, 2.24) is 9.80 Å². The molecule has 0 amide bonds. The van der Waals surface area contributed by atoms with Crippen LogP contribution in [-0.4, -0.2) is 55.9 Å². The summed E-state index contributed by atoms with van der Waals surface area (Å²) in [5.74, 6) is 0.876. The van der Waals surface area contributed by atoms with E-state index in [0.717, 1.165) is 19.6 Å². The van der Waals surface area contributed by atoms with Crippen LogP contribution < -0.4 is 0 Å². The molecule has 0 aliphatic heterocycles. The second kappa shape index (κ2) is 6.96. The van der Waals surface area contributed by atoms with E-state index in [1.54, 1.807) is 6.92 Å². The smallest absolute Gasteiger partial charge is 0.143 e. The Labute approximate surface area is 88.1 Å². The Morgan fingerprint density at radius 3 is 2.14 bits per heavy atom. The molecule has 0 aromatic heterocycles. The van der Waals surface area contributed by atoms with E-state index in [0.29, 0.717) is 12.5 Å². The Morgan fingerprint density at radius 2 is 1.79 bits per heavy atom. The molecule has 3 heteroatoms. The van der Waals surface area contributed by atoms with Gasteiger partial charge in [0.25, 0.3) is 0 Å². The summed E-state index contributed by atoms with van der Waals surface area (Å²) in [5.41, 5.74) is 0. The van der Waals surface area contributed by atoms with Crippen molar-refractivity contribution in [3.05, 3.63) is 0 Å². The molecule has 0 aromatic rings. The first-order chi connectivity index (χ1) is 6.41. The van der Waals surface area contributed by atoms with E-state index in [1.807, 2.05) is 0 Å². The predicted molar refractivity (Wildman–Crippen MR) is 60.5 cm³/mol. The van der Waals surface area contributed by atoms with Gasteiger partial charge < -0.3 is 4.90 Å². The summed E-state index contributed by atoms with van der Waals surface area (Å²) < 4.78 is 0. The van der Waals surface area contributed by atoms with Gasteiger partial charge in [-0.25, -0.2) is 0 Å². The molecule has 3 nitrogen and oxygen atoms in total. The van der Waals surface area contributed by atoms with E-state index in [9.17, 15) is 4.79 Å². The van der Waals surface area contributed by atoms with E-state index in [1.165, 1.54) is 0 Å². The van der Waals surface area contributed by atoms with Crippen LogP contribution in [0.25, 0.3) is 0 Å². The van der Waals surface area contributed by atoms with Crippen LogP contribution in [0, 0.1) is 5.92 Å². The molecule has 0 rings (SSSR count). The average Bonchev–Trinajstić information content (AvgIpc) is 1.97. The van der Waals surface area contributed by atoms with Gasteiger partial charge in [-0.05, 0) is 26.9 Å². The van der Waals surface area contributed by atoms with E-state index < -0.39 is 0 Å². The molecule has 0 bridgehead atoms. The lowest BCUT2D eigenvalue weighted by Gasteiger charge is -2.24. The zero-order valence-corrected chi connectivity index (χ0v) is 10.2. The van der Waals surface area contributed by atoms with Gasteiger partial charge in [0.15, 0.2) is 0 Å². The van der Waals surface area contributed by atoms with Crippen molar-refractivity contribution in [2.45, 2.75) is 20.8 Å². The molecule has 0 saturated carbocycles. The molecular weight excluding hydrogens is 176 g/mol. The highest BCUT2D eigenvalue weighted by molar-refractivity contribution is 5.77. The van der Waals surface area contributed by atoms with Gasteiger partial charge >= 0.3 is 0 Å². The van der Waals surface area contributed by atoms with Crippen molar-refractivity contribution < 1.29 is 4.79 Å². The Balaban J connectivity index is 3.90. The molecular formula is C11H24N2O. The molecule has 14 heavy (non-hydrogen) atoms. The van der Waals surface area contributed by atoms with Crippen molar-refractivity contribution in [2.24, 2.45) is 5.92 Å². The first-order valence-electron chi connectivity index (χ1n) is 5.28. The third kappa shape index (κ3) is 8.20. The van der Waals surface area contributed by atoms with Crippen LogP contribution in [0.15, 0.2) is 0 Å². The van der Waals surface area contributed by atoms with Crippen molar-refractivity contribution in [3.8, 4) is 0 Å². The fourth-order valence-corrected chi connectivity index (χ4v) is 1.41. The largest absolute Gasteiger partial charge is 0.308 e. The maximum atomic E-state index is 11.0. The van der Waals surface area contributed by atoms with Gasteiger partial charge in [-0.1, -0.05) is 13.8 Å². The van der Waals surface area contributed by atoms with Crippen LogP contribution in [0.4, 0.5) is 0 Å². The molecule has 0 unspecified atom stereocenters. The Bertz CT molecular complexity index is 167. The van der Waals surface area contributed by atoms with Crippen LogP contribution in [0.2, 0.25) is 0 Å². The fraction of sp³-hybridized carbons (Fsp3) is 0.909. The number of Topliss-reactive ketones (excluding diaryl/α,β-unsaturated/α-hetero) is 1. The van der Waals surface area contributed by atoms with Crippen LogP contribution in [-0.2, 0) is 4.79 Å². The molecule has 0 spiro atoms. The summed E-state index contributed by atoms with van der Waals surface area (Å²) in [6.07, 6.45) is 0. The highest BCUT2D eigenvalue weighted by atomic mass is 16.1. The quantitative estimate of drug-likeness (QED) is 0.615. The number of ketones is 1. The zero-order valence-electron chi connectivity index (χ0n) is 10.2. The standard InChI is InChI=1S/C11H24N2O/c1-10(2)8-13(9-11(3)14)7-6-12(4)5/h10H,6-9H2,1-5H3. The minimum absolute atomic E-state index is 0.254. The Morgan fingerprint density at radius 1 is 1.21 bits per heavy atom. The van der Waals surface area contributed by atoms with Crippen LogP contribution in [0.1, 0.15) is 20.8 Å². The molecule has 84 valence electrons. The average molecular weight is 200 g/mol. The van der Waals surface area contributed by atoms with Gasteiger partial charge in [0, 0.05) is 19.6 Å². The van der Waals surface area contributed by atoms with Crippen LogP contribution in [0.3, 0.4) is 0 Å². The van der Waals surface area contributed by atoms with Crippen molar-refractivity contribution in [1.29, 1.82) is 0 Å². The van der Waals surface area contributed by atoms with Gasteiger partial charge in [0.2, 0.25) is 0 Å². The Kier molecular flexibility index (Phi) is 6.75. The number of likely N-dealkylation sites (N-methyl/N-ethyl adjacent to an activating group) is 1. The number of hydrogen-bond donors (Lipinski definition) is 0. The summed E-state index contributed by atoms with van der Waals surface area (Å²) in [5, 5.41) is 0. The summed E-state index contributed by atoms with van der Waals surface area (Å²) in [4.78, 5) is 15.4. The summed E-state index contributed by atoms with van der Waals surface area (Å²) in [7, 11) is 4.11. The van der Waals surface area contributed by atoms with Crippen LogP contribution in [0.5, 0.6) is 0 Å². The lowest BCUT2D eigenvalue weighted by molar-refractivity contribution is -0.118. The number of nitrogens with zero attached hydrogens (tertiary/aromatic N) is 2. The molecule has 0 aliphatic rings. The minimum Gasteiger partial charge on any atom is -0.308 e. The zero-order chi connectivity index (χ0) is 11.1. The van der Waals surface area contributed by atoms with Gasteiger partial charge in [0.05, 0.1) is 6.54 Å². The topological polar surface area (TPSA) is 23.6 Å². The second-order valence-corrected chi connectivity index (χ2v) is 4.63. The lowest BCUT2D eigenvalue weighted by atomic mass is 10.2.